The maximum Gasteiger partial charge on any atom is 0.254 e. The van der Waals surface area contributed by atoms with Crippen LogP contribution in [-0.2, 0) is 4.74 Å². The molecule has 2 aromatic heterocycles. The summed E-state index contributed by atoms with van der Waals surface area (Å²) in [6, 6.07) is 12.5. The van der Waals surface area contributed by atoms with Gasteiger partial charge in [0, 0.05) is 47.8 Å². The number of aryl methyl sites for hydroxylation is 2. The van der Waals surface area contributed by atoms with Gasteiger partial charge in [-0.15, -0.1) is 0 Å². The lowest BCUT2D eigenvalue weighted by molar-refractivity contribution is 0.0302. The van der Waals surface area contributed by atoms with E-state index in [4.69, 9.17) is 4.74 Å². The second kappa shape index (κ2) is 8.63. The summed E-state index contributed by atoms with van der Waals surface area (Å²) < 4.78 is 20.9. The number of halogens is 1. The molecular weight excluding hydrogens is 421 g/mol. The van der Waals surface area contributed by atoms with Crippen LogP contribution in [0.25, 0.3) is 16.7 Å². The lowest BCUT2D eigenvalue weighted by Gasteiger charge is -2.27. The van der Waals surface area contributed by atoms with Gasteiger partial charge in [0.05, 0.1) is 13.2 Å². The number of carbonyl (C=O) groups excluding carboxylic acids is 1. The third kappa shape index (κ3) is 4.17. The van der Waals surface area contributed by atoms with Crippen LogP contribution in [0.5, 0.6) is 0 Å². The molecule has 8 heteroatoms. The first-order valence-electron chi connectivity index (χ1n) is 10.8. The minimum atomic E-state index is -0.253. The Morgan fingerprint density at radius 2 is 1.88 bits per heavy atom. The number of fused-ring (bicyclic) bond motifs is 1. The summed E-state index contributed by atoms with van der Waals surface area (Å²) in [7, 11) is 0. The summed E-state index contributed by atoms with van der Waals surface area (Å²) in [6.45, 7) is 6.04. The molecule has 5 rings (SSSR count). The molecule has 4 aromatic rings. The van der Waals surface area contributed by atoms with Crippen molar-refractivity contribution in [3.8, 4) is 5.69 Å². The molecule has 0 atom stereocenters. The molecule has 1 saturated heterocycles. The van der Waals surface area contributed by atoms with E-state index in [9.17, 15) is 9.18 Å². The molecule has 168 valence electrons. The van der Waals surface area contributed by atoms with Gasteiger partial charge in [-0.05, 0) is 67.4 Å². The van der Waals surface area contributed by atoms with Crippen molar-refractivity contribution in [2.24, 2.45) is 0 Å². The highest BCUT2D eigenvalue weighted by Crippen LogP contribution is 2.24. The van der Waals surface area contributed by atoms with Crippen molar-refractivity contribution in [1.29, 1.82) is 0 Å². The van der Waals surface area contributed by atoms with Gasteiger partial charge in [0.2, 0.25) is 5.95 Å². The summed E-state index contributed by atoms with van der Waals surface area (Å²) in [6.07, 6.45) is 3.68. The van der Waals surface area contributed by atoms with Crippen molar-refractivity contribution in [2.75, 3.05) is 31.6 Å². The monoisotopic (exact) mass is 445 g/mol. The summed E-state index contributed by atoms with van der Waals surface area (Å²) in [5.74, 6) is 0.198. The second-order valence-electron chi connectivity index (χ2n) is 8.15. The number of amides is 1. The molecule has 0 unspecified atom stereocenters. The third-order valence-corrected chi connectivity index (χ3v) is 5.86. The molecule has 33 heavy (non-hydrogen) atoms. The predicted octanol–water partition coefficient (Wildman–Crippen LogP) is 4.39. The van der Waals surface area contributed by atoms with Gasteiger partial charge in [0.15, 0.2) is 0 Å². The summed E-state index contributed by atoms with van der Waals surface area (Å²) >= 11 is 0. The molecule has 7 nitrogen and oxygen atoms in total. The molecule has 1 aliphatic heterocycles. The molecule has 1 aliphatic rings. The molecule has 0 saturated carbocycles. The minimum Gasteiger partial charge on any atom is -0.378 e. The third-order valence-electron chi connectivity index (χ3n) is 5.86. The zero-order valence-electron chi connectivity index (χ0n) is 18.5. The minimum absolute atomic E-state index is 0.0307. The number of nitrogens with zero attached hydrogens (tertiary/aromatic N) is 4. The SMILES string of the molecule is Cc1cc(Nc2ncc3ccn(-c4ccc(C(=O)N5CCOCC5)c(C)c4)c3n2)ccc1F. The number of morpholine rings is 1. The largest absolute Gasteiger partial charge is 0.378 e. The Bertz CT molecular complexity index is 1340. The van der Waals surface area contributed by atoms with Crippen LogP contribution in [-0.4, -0.2) is 51.6 Å². The molecule has 0 aliphatic carbocycles. The van der Waals surface area contributed by atoms with E-state index in [1.165, 1.54) is 6.07 Å². The molecule has 2 aromatic carbocycles. The summed E-state index contributed by atoms with van der Waals surface area (Å²) in [5.41, 5.74) is 4.50. The Balaban J connectivity index is 1.44. The summed E-state index contributed by atoms with van der Waals surface area (Å²) in [4.78, 5) is 23.8. The van der Waals surface area contributed by atoms with Gasteiger partial charge in [0.1, 0.15) is 11.5 Å². The van der Waals surface area contributed by atoms with Crippen LogP contribution >= 0.6 is 0 Å². The number of hydrogen-bond acceptors (Lipinski definition) is 5. The average molecular weight is 445 g/mol. The number of hydrogen-bond donors (Lipinski definition) is 1. The fraction of sp³-hybridized carbons (Fsp3) is 0.240. The Kier molecular flexibility index (Phi) is 5.51. The van der Waals surface area contributed by atoms with Crippen LogP contribution in [0.2, 0.25) is 0 Å². The predicted molar refractivity (Wildman–Crippen MR) is 125 cm³/mol. The highest BCUT2D eigenvalue weighted by molar-refractivity contribution is 5.96. The Labute approximate surface area is 190 Å². The van der Waals surface area contributed by atoms with E-state index < -0.39 is 0 Å². The van der Waals surface area contributed by atoms with Crippen LogP contribution < -0.4 is 5.32 Å². The maximum absolute atomic E-state index is 13.6. The van der Waals surface area contributed by atoms with Gasteiger partial charge < -0.3 is 19.5 Å². The molecule has 3 heterocycles. The fourth-order valence-electron chi connectivity index (χ4n) is 4.01. The van der Waals surface area contributed by atoms with Crippen molar-refractivity contribution < 1.29 is 13.9 Å². The maximum atomic E-state index is 13.6. The molecule has 0 radical (unpaired) electrons. The van der Waals surface area contributed by atoms with Crippen LogP contribution in [0.1, 0.15) is 21.5 Å². The van der Waals surface area contributed by atoms with E-state index in [0.717, 1.165) is 22.3 Å². The standard InChI is InChI=1S/C25H24FN5O2/c1-16-14-20(4-5-21(16)24(32)30-9-11-33-12-10-30)31-8-7-18-15-27-25(29-23(18)31)28-19-3-6-22(26)17(2)13-19/h3-8,13-15H,9-12H2,1-2H3,(H,27,28,29). The van der Waals surface area contributed by atoms with Crippen LogP contribution in [0.3, 0.4) is 0 Å². The van der Waals surface area contributed by atoms with Crippen LogP contribution in [0, 0.1) is 19.7 Å². The number of ether oxygens (including phenoxy) is 1. The Hall–Kier alpha value is -3.78. The fourth-order valence-corrected chi connectivity index (χ4v) is 4.01. The van der Waals surface area contributed by atoms with E-state index in [1.54, 1.807) is 25.3 Å². The van der Waals surface area contributed by atoms with E-state index in [0.29, 0.717) is 49.1 Å². The van der Waals surface area contributed by atoms with E-state index >= 15 is 0 Å². The summed E-state index contributed by atoms with van der Waals surface area (Å²) in [5, 5.41) is 4.03. The number of benzene rings is 2. The molecule has 1 amide bonds. The quantitative estimate of drug-likeness (QED) is 0.504. The molecular formula is C25H24FN5O2. The van der Waals surface area contributed by atoms with Crippen LogP contribution in [0.15, 0.2) is 54.9 Å². The number of carbonyl (C=O) groups is 1. The Morgan fingerprint density at radius 1 is 1.06 bits per heavy atom. The van der Waals surface area contributed by atoms with Gasteiger partial charge >= 0.3 is 0 Å². The number of nitrogens with one attached hydrogen (secondary N) is 1. The average Bonchev–Trinajstić information content (AvgIpc) is 3.25. The molecule has 1 N–H and O–H groups in total. The number of aromatic nitrogens is 3. The lowest BCUT2D eigenvalue weighted by Crippen LogP contribution is -2.40. The van der Waals surface area contributed by atoms with E-state index in [1.807, 2.05) is 46.9 Å². The van der Waals surface area contributed by atoms with E-state index in [-0.39, 0.29) is 11.7 Å². The molecule has 0 spiro atoms. The zero-order chi connectivity index (χ0) is 22.9. The first-order chi connectivity index (χ1) is 16.0. The number of anilines is 2. The topological polar surface area (TPSA) is 72.3 Å². The molecule has 1 fully saturated rings. The van der Waals surface area contributed by atoms with Crippen molar-refractivity contribution in [2.45, 2.75) is 13.8 Å². The van der Waals surface area contributed by atoms with Gasteiger partial charge in [-0.3, -0.25) is 4.79 Å². The van der Waals surface area contributed by atoms with Gasteiger partial charge in [-0.25, -0.2) is 9.37 Å². The Morgan fingerprint density at radius 3 is 2.64 bits per heavy atom. The van der Waals surface area contributed by atoms with Gasteiger partial charge in [0.25, 0.3) is 5.91 Å². The highest BCUT2D eigenvalue weighted by atomic mass is 19.1. The van der Waals surface area contributed by atoms with Crippen molar-refractivity contribution in [3.63, 3.8) is 0 Å². The second-order valence-corrected chi connectivity index (χ2v) is 8.15. The van der Waals surface area contributed by atoms with Crippen molar-refractivity contribution in [1.82, 2.24) is 19.4 Å². The number of rotatable bonds is 4. The highest BCUT2D eigenvalue weighted by Gasteiger charge is 2.20. The lowest BCUT2D eigenvalue weighted by atomic mass is 10.1. The normalized spacial score (nSPS) is 14.0. The van der Waals surface area contributed by atoms with Gasteiger partial charge in [-0.2, -0.15) is 4.98 Å². The zero-order valence-corrected chi connectivity index (χ0v) is 18.5. The smallest absolute Gasteiger partial charge is 0.254 e. The van der Waals surface area contributed by atoms with Crippen LogP contribution in [0.4, 0.5) is 16.0 Å². The molecule has 0 bridgehead atoms. The van der Waals surface area contributed by atoms with Crippen molar-refractivity contribution in [3.05, 3.63) is 77.4 Å². The van der Waals surface area contributed by atoms with Crippen molar-refractivity contribution >= 4 is 28.6 Å². The van der Waals surface area contributed by atoms with E-state index in [2.05, 4.69) is 15.3 Å². The van der Waals surface area contributed by atoms with Gasteiger partial charge in [-0.1, -0.05) is 0 Å². The first-order valence-corrected chi connectivity index (χ1v) is 10.8. The first kappa shape index (κ1) is 21.1.